The van der Waals surface area contributed by atoms with Crippen molar-refractivity contribution in [3.05, 3.63) is 90.1 Å². The van der Waals surface area contributed by atoms with Gasteiger partial charge in [-0.05, 0) is 56.0 Å². The van der Waals surface area contributed by atoms with Crippen molar-refractivity contribution in [3.63, 3.8) is 0 Å². The van der Waals surface area contributed by atoms with Crippen molar-refractivity contribution in [1.29, 1.82) is 0 Å². The molecule has 0 saturated heterocycles. The molecule has 1 heterocycles. The lowest BCUT2D eigenvalue weighted by atomic mass is 9.90. The second-order valence-electron chi connectivity index (χ2n) is 8.89. The molecule has 0 fully saturated rings. The minimum Gasteiger partial charge on any atom is -0.479 e. The van der Waals surface area contributed by atoms with Gasteiger partial charge in [-0.2, -0.15) is 0 Å². The molecule has 4 nitrogen and oxygen atoms in total. The first-order valence-corrected chi connectivity index (χ1v) is 10.7. The topological polar surface area (TPSA) is 59.4 Å². The summed E-state index contributed by atoms with van der Waals surface area (Å²) in [6, 6.07) is 26.2. The van der Waals surface area contributed by atoms with Gasteiger partial charge in [-0.25, -0.2) is 4.79 Å². The third kappa shape index (κ3) is 4.41. The molecule has 32 heavy (non-hydrogen) atoms. The molecule has 0 aliphatic rings. The van der Waals surface area contributed by atoms with Crippen LogP contribution in [0.4, 0.5) is 0 Å². The number of hydrogen-bond donors (Lipinski definition) is 1. The minimum atomic E-state index is -1.13. The Balaban J connectivity index is 1.95. The van der Waals surface area contributed by atoms with Gasteiger partial charge in [-0.1, -0.05) is 72.8 Å². The van der Waals surface area contributed by atoms with E-state index in [9.17, 15) is 9.90 Å². The van der Waals surface area contributed by atoms with E-state index < -0.39 is 17.7 Å². The summed E-state index contributed by atoms with van der Waals surface area (Å²) in [5.41, 5.74) is 5.47. The molecule has 0 saturated carbocycles. The predicted octanol–water partition coefficient (Wildman–Crippen LogP) is 6.82. The lowest BCUT2D eigenvalue weighted by Gasteiger charge is -2.28. The molecule has 0 bridgehead atoms. The third-order valence-electron chi connectivity index (χ3n) is 5.36. The highest BCUT2D eigenvalue weighted by molar-refractivity contribution is 5.98. The SMILES string of the molecule is Cc1nc2ccccc2c(-c2ccc(-c3ccccc3)cc2)c1C(OC(C)(C)C)C(=O)O. The number of aryl methyl sites for hydroxylation is 1. The zero-order chi connectivity index (χ0) is 22.9. The number of fused-ring (bicyclic) bond motifs is 1. The number of aliphatic carboxylic acids is 1. The minimum absolute atomic E-state index is 0.596. The van der Waals surface area contributed by atoms with Crippen LogP contribution in [0.5, 0.6) is 0 Å². The van der Waals surface area contributed by atoms with E-state index in [1.54, 1.807) is 0 Å². The van der Waals surface area contributed by atoms with Gasteiger partial charge >= 0.3 is 5.97 Å². The Morgan fingerprint density at radius 2 is 1.41 bits per heavy atom. The Bertz CT molecular complexity index is 1260. The number of para-hydroxylation sites is 1. The quantitative estimate of drug-likeness (QED) is 0.381. The predicted molar refractivity (Wildman–Crippen MR) is 129 cm³/mol. The number of carboxylic acid groups (broad SMARTS) is 1. The van der Waals surface area contributed by atoms with Crippen LogP contribution in [-0.2, 0) is 9.53 Å². The van der Waals surface area contributed by atoms with Crippen molar-refractivity contribution >= 4 is 16.9 Å². The number of carbonyl (C=O) groups is 1. The molecule has 1 atom stereocenters. The average Bonchev–Trinajstić information content (AvgIpc) is 2.77. The summed E-state index contributed by atoms with van der Waals surface area (Å²) in [5, 5.41) is 11.0. The maximum absolute atomic E-state index is 12.3. The number of nitrogens with zero attached hydrogens (tertiary/aromatic N) is 1. The Morgan fingerprint density at radius 3 is 2.03 bits per heavy atom. The highest BCUT2D eigenvalue weighted by Crippen LogP contribution is 2.39. The second-order valence-corrected chi connectivity index (χ2v) is 8.89. The van der Waals surface area contributed by atoms with Gasteiger partial charge in [0.2, 0.25) is 0 Å². The molecule has 1 unspecified atom stereocenters. The van der Waals surface area contributed by atoms with E-state index in [1.165, 1.54) is 0 Å². The van der Waals surface area contributed by atoms with E-state index in [0.29, 0.717) is 11.3 Å². The number of hydrogen-bond acceptors (Lipinski definition) is 3. The molecule has 4 heteroatoms. The summed E-state index contributed by atoms with van der Waals surface area (Å²) < 4.78 is 6.03. The summed E-state index contributed by atoms with van der Waals surface area (Å²) in [7, 11) is 0. The Hall–Kier alpha value is -3.50. The molecular weight excluding hydrogens is 398 g/mol. The maximum atomic E-state index is 12.3. The van der Waals surface area contributed by atoms with Crippen LogP contribution in [0.1, 0.15) is 38.1 Å². The number of rotatable bonds is 5. The van der Waals surface area contributed by atoms with Crippen molar-refractivity contribution in [2.45, 2.75) is 39.4 Å². The van der Waals surface area contributed by atoms with E-state index in [2.05, 4.69) is 24.3 Å². The van der Waals surface area contributed by atoms with Crippen molar-refractivity contribution in [2.24, 2.45) is 0 Å². The van der Waals surface area contributed by atoms with Crippen LogP contribution >= 0.6 is 0 Å². The van der Waals surface area contributed by atoms with Crippen LogP contribution in [0.25, 0.3) is 33.2 Å². The fraction of sp³-hybridized carbons (Fsp3) is 0.214. The fourth-order valence-corrected chi connectivity index (χ4v) is 4.03. The van der Waals surface area contributed by atoms with Crippen LogP contribution in [0.2, 0.25) is 0 Å². The summed E-state index contributed by atoms with van der Waals surface area (Å²) in [6.07, 6.45) is -1.13. The fourth-order valence-electron chi connectivity index (χ4n) is 4.03. The van der Waals surface area contributed by atoms with Crippen LogP contribution in [0.3, 0.4) is 0 Å². The largest absolute Gasteiger partial charge is 0.479 e. The summed E-state index contributed by atoms with van der Waals surface area (Å²) >= 11 is 0. The first-order valence-electron chi connectivity index (χ1n) is 10.7. The molecular formula is C28H27NO3. The van der Waals surface area contributed by atoms with Crippen LogP contribution in [0, 0.1) is 6.92 Å². The highest BCUT2D eigenvalue weighted by atomic mass is 16.5. The summed E-state index contributed by atoms with van der Waals surface area (Å²) in [6.45, 7) is 7.44. The van der Waals surface area contributed by atoms with Gasteiger partial charge < -0.3 is 9.84 Å². The van der Waals surface area contributed by atoms with Crippen molar-refractivity contribution in [1.82, 2.24) is 4.98 Å². The van der Waals surface area contributed by atoms with E-state index in [0.717, 1.165) is 33.2 Å². The Kier molecular flexibility index (Phi) is 5.81. The van der Waals surface area contributed by atoms with E-state index in [1.807, 2.05) is 82.3 Å². The lowest BCUT2D eigenvalue weighted by Crippen LogP contribution is -2.28. The van der Waals surface area contributed by atoms with Gasteiger partial charge in [-0.15, -0.1) is 0 Å². The van der Waals surface area contributed by atoms with E-state index in [4.69, 9.17) is 9.72 Å². The molecule has 4 rings (SSSR count). The van der Waals surface area contributed by atoms with Gasteiger partial charge in [0.25, 0.3) is 0 Å². The lowest BCUT2D eigenvalue weighted by molar-refractivity contribution is -0.160. The van der Waals surface area contributed by atoms with Gasteiger partial charge in [0.1, 0.15) is 0 Å². The molecule has 0 amide bonds. The second kappa shape index (κ2) is 8.56. The molecule has 162 valence electrons. The third-order valence-corrected chi connectivity index (χ3v) is 5.36. The number of ether oxygens (including phenoxy) is 1. The molecule has 4 aromatic rings. The van der Waals surface area contributed by atoms with Crippen molar-refractivity contribution < 1.29 is 14.6 Å². The van der Waals surface area contributed by atoms with Crippen molar-refractivity contribution in [3.8, 4) is 22.3 Å². The van der Waals surface area contributed by atoms with Crippen LogP contribution in [0.15, 0.2) is 78.9 Å². The summed E-state index contributed by atoms with van der Waals surface area (Å²) in [4.78, 5) is 17.1. The molecule has 0 radical (unpaired) electrons. The molecule has 1 N–H and O–H groups in total. The number of pyridine rings is 1. The Morgan fingerprint density at radius 1 is 0.844 bits per heavy atom. The molecule has 3 aromatic carbocycles. The Labute approximate surface area is 188 Å². The van der Waals surface area contributed by atoms with Crippen LogP contribution < -0.4 is 0 Å². The zero-order valence-electron chi connectivity index (χ0n) is 18.8. The standard InChI is InChI=1S/C28H27NO3/c1-18-24(26(27(30)31)32-28(2,3)4)25(22-12-8-9-13-23(22)29-18)21-16-14-20(15-17-21)19-10-6-5-7-11-19/h5-17,26H,1-4H3,(H,30,31). The first kappa shape index (κ1) is 21.7. The monoisotopic (exact) mass is 425 g/mol. The van der Waals surface area contributed by atoms with Gasteiger partial charge in [0.05, 0.1) is 11.1 Å². The molecule has 0 aliphatic heterocycles. The van der Waals surface area contributed by atoms with E-state index in [-0.39, 0.29) is 0 Å². The first-order chi connectivity index (χ1) is 15.2. The van der Waals surface area contributed by atoms with E-state index >= 15 is 0 Å². The summed E-state index contributed by atoms with van der Waals surface area (Å²) in [5.74, 6) is -1.03. The normalized spacial score (nSPS) is 12.6. The maximum Gasteiger partial charge on any atom is 0.337 e. The molecule has 0 aliphatic carbocycles. The highest BCUT2D eigenvalue weighted by Gasteiger charge is 2.32. The van der Waals surface area contributed by atoms with Gasteiger partial charge in [0, 0.05) is 16.6 Å². The number of aromatic nitrogens is 1. The van der Waals surface area contributed by atoms with Gasteiger partial charge in [0.15, 0.2) is 6.10 Å². The molecule has 1 aromatic heterocycles. The van der Waals surface area contributed by atoms with Gasteiger partial charge in [-0.3, -0.25) is 4.98 Å². The average molecular weight is 426 g/mol. The zero-order valence-corrected chi connectivity index (χ0v) is 18.8. The number of carboxylic acids is 1. The number of benzene rings is 3. The van der Waals surface area contributed by atoms with Crippen molar-refractivity contribution in [2.75, 3.05) is 0 Å². The smallest absolute Gasteiger partial charge is 0.337 e. The van der Waals surface area contributed by atoms with Crippen LogP contribution in [-0.4, -0.2) is 21.7 Å². The molecule has 0 spiro atoms.